The Hall–Kier alpha value is -1.80. The molecule has 0 saturated carbocycles. The number of benzene rings is 2. The maximum Gasteiger partial charge on any atom is 0.260 e. The maximum atomic E-state index is 14.1. The van der Waals surface area contributed by atoms with Crippen molar-refractivity contribution in [1.29, 1.82) is 0 Å². The Morgan fingerprint density at radius 2 is 1.86 bits per heavy atom. The Labute approximate surface area is 183 Å². The fourth-order valence-electron chi connectivity index (χ4n) is 2.90. The second-order valence-electron chi connectivity index (χ2n) is 6.22. The summed E-state index contributed by atoms with van der Waals surface area (Å²) in [7, 11) is 0. The maximum absolute atomic E-state index is 14.1. The Balaban J connectivity index is 0.00000300. The van der Waals surface area contributed by atoms with Crippen LogP contribution in [-0.2, 0) is 0 Å². The van der Waals surface area contributed by atoms with Crippen molar-refractivity contribution < 1.29 is 13.6 Å². The number of hydrogen-bond donors (Lipinski definition) is 0. The molecular formula is C20H21Cl2F2N3OS. The summed E-state index contributed by atoms with van der Waals surface area (Å²) in [4.78, 5) is 21.1. The van der Waals surface area contributed by atoms with Gasteiger partial charge in [-0.05, 0) is 37.4 Å². The van der Waals surface area contributed by atoms with Crippen LogP contribution in [0.4, 0.5) is 13.9 Å². The molecule has 3 aromatic rings. The molecule has 0 unspecified atom stereocenters. The van der Waals surface area contributed by atoms with E-state index in [1.54, 1.807) is 24.3 Å². The molecule has 4 nitrogen and oxygen atoms in total. The van der Waals surface area contributed by atoms with Crippen molar-refractivity contribution in [2.45, 2.75) is 13.8 Å². The van der Waals surface area contributed by atoms with Gasteiger partial charge in [0, 0.05) is 29.7 Å². The molecule has 2 aromatic carbocycles. The number of fused-ring (bicyclic) bond motifs is 1. The number of nitrogens with zero attached hydrogens (tertiary/aromatic N) is 3. The van der Waals surface area contributed by atoms with E-state index in [1.807, 2.05) is 13.8 Å². The van der Waals surface area contributed by atoms with Crippen LogP contribution in [0.15, 0.2) is 36.4 Å². The average Bonchev–Trinajstić information content (AvgIpc) is 3.09. The second kappa shape index (κ2) is 10.3. The molecule has 1 heterocycles. The summed E-state index contributed by atoms with van der Waals surface area (Å²) in [6.07, 6.45) is 0. The smallest absolute Gasteiger partial charge is 0.260 e. The van der Waals surface area contributed by atoms with E-state index >= 15 is 0 Å². The zero-order valence-corrected chi connectivity index (χ0v) is 18.4. The fourth-order valence-corrected chi connectivity index (χ4v) is 4.12. The molecule has 156 valence electrons. The van der Waals surface area contributed by atoms with Gasteiger partial charge in [0.25, 0.3) is 5.91 Å². The van der Waals surface area contributed by atoms with Gasteiger partial charge in [-0.15, -0.1) is 12.4 Å². The Morgan fingerprint density at radius 3 is 2.52 bits per heavy atom. The van der Waals surface area contributed by atoms with Crippen LogP contribution >= 0.6 is 35.3 Å². The Morgan fingerprint density at radius 1 is 1.14 bits per heavy atom. The number of anilines is 1. The molecule has 3 rings (SSSR count). The van der Waals surface area contributed by atoms with Crippen molar-refractivity contribution in [3.05, 3.63) is 58.6 Å². The van der Waals surface area contributed by atoms with Crippen LogP contribution < -0.4 is 4.90 Å². The third kappa shape index (κ3) is 5.42. The first kappa shape index (κ1) is 23.5. The first-order valence-corrected chi connectivity index (χ1v) is 10.2. The van der Waals surface area contributed by atoms with Crippen molar-refractivity contribution in [2.75, 3.05) is 31.1 Å². The minimum atomic E-state index is -0.739. The highest BCUT2D eigenvalue weighted by Gasteiger charge is 2.23. The molecule has 0 aliphatic rings. The predicted molar refractivity (Wildman–Crippen MR) is 118 cm³/mol. The van der Waals surface area contributed by atoms with Crippen molar-refractivity contribution in [1.82, 2.24) is 9.88 Å². The van der Waals surface area contributed by atoms with E-state index in [-0.39, 0.29) is 23.8 Å². The van der Waals surface area contributed by atoms with E-state index in [0.29, 0.717) is 33.5 Å². The van der Waals surface area contributed by atoms with Crippen molar-refractivity contribution in [2.24, 2.45) is 0 Å². The van der Waals surface area contributed by atoms with Gasteiger partial charge in [0.15, 0.2) is 10.9 Å². The van der Waals surface area contributed by atoms with Crippen molar-refractivity contribution in [3.63, 3.8) is 0 Å². The van der Waals surface area contributed by atoms with Gasteiger partial charge in [0.2, 0.25) is 0 Å². The molecule has 9 heteroatoms. The largest absolute Gasteiger partial charge is 0.302 e. The summed E-state index contributed by atoms with van der Waals surface area (Å²) in [6, 6.07) is 8.67. The highest BCUT2D eigenvalue weighted by Crippen LogP contribution is 2.32. The molecule has 1 amide bonds. The summed E-state index contributed by atoms with van der Waals surface area (Å²) in [5, 5.41) is 0.781. The van der Waals surface area contributed by atoms with Crippen LogP contribution in [0.2, 0.25) is 5.02 Å². The normalized spacial score (nSPS) is 11.0. The molecular weight excluding hydrogens is 439 g/mol. The van der Waals surface area contributed by atoms with E-state index in [2.05, 4.69) is 9.88 Å². The number of carbonyl (C=O) groups excluding carboxylic acids is 1. The molecule has 0 aliphatic heterocycles. The standard InChI is InChI=1S/C20H20ClF2N3OS.ClH/c1-3-25(4-2)8-9-26(19(27)13-6-5-7-14(21)10-13)20-24-18-16(23)11-15(22)12-17(18)28-20;/h5-7,10-12H,3-4,8-9H2,1-2H3;1H. The first-order valence-electron chi connectivity index (χ1n) is 8.98. The van der Waals surface area contributed by atoms with E-state index in [1.165, 1.54) is 11.0 Å². The van der Waals surface area contributed by atoms with Crippen molar-refractivity contribution >= 4 is 56.6 Å². The lowest BCUT2D eigenvalue weighted by Gasteiger charge is -2.24. The lowest BCUT2D eigenvalue weighted by molar-refractivity contribution is 0.0983. The molecule has 29 heavy (non-hydrogen) atoms. The van der Waals surface area contributed by atoms with Crippen LogP contribution in [-0.4, -0.2) is 42.0 Å². The van der Waals surface area contributed by atoms with Gasteiger partial charge in [0.1, 0.15) is 11.3 Å². The average molecular weight is 460 g/mol. The summed E-state index contributed by atoms with van der Waals surface area (Å²) in [5.41, 5.74) is 0.478. The summed E-state index contributed by atoms with van der Waals surface area (Å²) in [6.45, 7) is 6.78. The van der Waals surface area contributed by atoms with Gasteiger partial charge in [-0.1, -0.05) is 42.9 Å². The summed E-state index contributed by atoms with van der Waals surface area (Å²) in [5.74, 6) is -1.69. The number of halogens is 4. The monoisotopic (exact) mass is 459 g/mol. The quantitative estimate of drug-likeness (QED) is 0.458. The highest BCUT2D eigenvalue weighted by atomic mass is 35.5. The zero-order valence-electron chi connectivity index (χ0n) is 16.0. The Bertz CT molecular complexity index is 995. The van der Waals surface area contributed by atoms with Gasteiger partial charge in [-0.2, -0.15) is 0 Å². The number of thiazole rings is 1. The SMILES string of the molecule is CCN(CC)CCN(C(=O)c1cccc(Cl)c1)c1nc2c(F)cc(F)cc2s1.Cl. The Kier molecular flexibility index (Phi) is 8.34. The number of rotatable bonds is 7. The molecule has 0 N–H and O–H groups in total. The fraction of sp³-hybridized carbons (Fsp3) is 0.300. The third-order valence-corrected chi connectivity index (χ3v) is 5.74. The molecule has 0 radical (unpaired) electrons. The molecule has 0 fully saturated rings. The molecule has 0 bridgehead atoms. The first-order chi connectivity index (χ1) is 13.4. The van der Waals surface area contributed by atoms with Gasteiger partial charge >= 0.3 is 0 Å². The summed E-state index contributed by atoms with van der Waals surface area (Å²) >= 11 is 7.12. The van der Waals surface area contributed by atoms with Gasteiger partial charge in [0.05, 0.1) is 4.70 Å². The lowest BCUT2D eigenvalue weighted by Crippen LogP contribution is -2.38. The molecule has 0 aliphatic carbocycles. The molecule has 1 aromatic heterocycles. The van der Waals surface area contributed by atoms with Crippen LogP contribution in [0.5, 0.6) is 0 Å². The number of carbonyl (C=O) groups is 1. The predicted octanol–water partition coefficient (Wildman–Crippen LogP) is 5.64. The molecule has 0 atom stereocenters. The number of amides is 1. The van der Waals surface area contributed by atoms with E-state index in [9.17, 15) is 13.6 Å². The third-order valence-electron chi connectivity index (χ3n) is 4.48. The minimum Gasteiger partial charge on any atom is -0.302 e. The number of likely N-dealkylation sites (N-methyl/N-ethyl adjacent to an activating group) is 1. The zero-order chi connectivity index (χ0) is 20.3. The van der Waals surface area contributed by atoms with Gasteiger partial charge < -0.3 is 4.90 Å². The van der Waals surface area contributed by atoms with Crippen LogP contribution in [0.25, 0.3) is 10.2 Å². The minimum absolute atomic E-state index is 0. The summed E-state index contributed by atoms with van der Waals surface area (Å²) < 4.78 is 28.0. The highest BCUT2D eigenvalue weighted by molar-refractivity contribution is 7.22. The van der Waals surface area contributed by atoms with E-state index < -0.39 is 11.6 Å². The van der Waals surface area contributed by atoms with Crippen molar-refractivity contribution in [3.8, 4) is 0 Å². The van der Waals surface area contributed by atoms with E-state index in [0.717, 1.165) is 30.5 Å². The van der Waals surface area contributed by atoms with Gasteiger partial charge in [-0.25, -0.2) is 13.8 Å². The van der Waals surface area contributed by atoms with E-state index in [4.69, 9.17) is 11.6 Å². The molecule has 0 spiro atoms. The molecule has 0 saturated heterocycles. The van der Waals surface area contributed by atoms with Crippen LogP contribution in [0.3, 0.4) is 0 Å². The topological polar surface area (TPSA) is 36.4 Å². The van der Waals surface area contributed by atoms with Crippen LogP contribution in [0, 0.1) is 11.6 Å². The number of aromatic nitrogens is 1. The number of hydrogen-bond acceptors (Lipinski definition) is 4. The second-order valence-corrected chi connectivity index (χ2v) is 7.67. The van der Waals surface area contributed by atoms with Gasteiger partial charge in [-0.3, -0.25) is 9.69 Å². The van der Waals surface area contributed by atoms with Crippen LogP contribution in [0.1, 0.15) is 24.2 Å². The lowest BCUT2D eigenvalue weighted by atomic mass is 10.2.